The van der Waals surface area contributed by atoms with Gasteiger partial charge < -0.3 is 11.0 Å². The van der Waals surface area contributed by atoms with Gasteiger partial charge in [0.05, 0.1) is 0 Å². The molecular formula is H6O6PdS. The fourth-order valence-corrected chi connectivity index (χ4v) is 0. The van der Waals surface area contributed by atoms with Crippen LogP contribution in [0.2, 0.25) is 0 Å². The Kier molecular flexibility index (Phi) is 22.1. The van der Waals surface area contributed by atoms with E-state index in [1.165, 1.54) is 0 Å². The molecule has 0 spiro atoms. The SMILES string of the molecule is O.O.O=S(=O)(O)O.[Pd]. The van der Waals surface area contributed by atoms with Crippen molar-refractivity contribution < 1.29 is 48.9 Å². The molecule has 0 aromatic carbocycles. The second-order valence-electron chi connectivity index (χ2n) is 0.448. The van der Waals surface area contributed by atoms with Crippen molar-refractivity contribution in [3.05, 3.63) is 0 Å². The number of hydrogen-bond donors (Lipinski definition) is 2. The Balaban J connectivity index is -0.0000000267. The van der Waals surface area contributed by atoms with E-state index in [1.54, 1.807) is 0 Å². The molecule has 0 bridgehead atoms. The molecule has 0 unspecified atom stereocenters. The third-order valence-corrected chi connectivity index (χ3v) is 0. The van der Waals surface area contributed by atoms with Crippen molar-refractivity contribution in [3.8, 4) is 0 Å². The summed E-state index contributed by atoms with van der Waals surface area (Å²) in [6, 6.07) is 0. The molecule has 0 atom stereocenters. The van der Waals surface area contributed by atoms with Crippen LogP contribution in [0.4, 0.5) is 0 Å². The Labute approximate surface area is 59.7 Å². The van der Waals surface area contributed by atoms with E-state index in [2.05, 4.69) is 0 Å². The van der Waals surface area contributed by atoms with Gasteiger partial charge in [-0.1, -0.05) is 0 Å². The first-order chi connectivity index (χ1) is 2.00. The maximum Gasteiger partial charge on any atom is 0.394 e. The zero-order valence-corrected chi connectivity index (χ0v) is 5.81. The van der Waals surface area contributed by atoms with Gasteiger partial charge in [-0.2, -0.15) is 8.42 Å². The van der Waals surface area contributed by atoms with Gasteiger partial charge in [-0.25, -0.2) is 0 Å². The zero-order valence-electron chi connectivity index (χ0n) is 3.44. The van der Waals surface area contributed by atoms with Gasteiger partial charge in [-0.05, 0) is 0 Å². The standard InChI is InChI=1S/H2O4S.2H2O.Pd/c1-5(2,3)4;;;/h(H2,1,2,3,4);2*1H2;. The van der Waals surface area contributed by atoms with Crippen LogP contribution >= 0.6 is 0 Å². The molecule has 0 saturated heterocycles. The van der Waals surface area contributed by atoms with E-state index >= 15 is 0 Å². The summed E-state index contributed by atoms with van der Waals surface area (Å²) in [7, 11) is -4.67. The Morgan fingerprint density at radius 3 is 1.00 bits per heavy atom. The van der Waals surface area contributed by atoms with Crippen LogP contribution in [0.1, 0.15) is 0 Å². The second kappa shape index (κ2) is 7.45. The number of rotatable bonds is 0. The van der Waals surface area contributed by atoms with E-state index in [-0.39, 0.29) is 31.4 Å². The topological polar surface area (TPSA) is 138 Å². The van der Waals surface area contributed by atoms with Gasteiger partial charge in [0.15, 0.2) is 0 Å². The molecule has 6 N–H and O–H groups in total. The van der Waals surface area contributed by atoms with E-state index < -0.39 is 10.4 Å². The van der Waals surface area contributed by atoms with E-state index in [0.29, 0.717) is 0 Å². The van der Waals surface area contributed by atoms with Crippen molar-refractivity contribution in [3.63, 3.8) is 0 Å². The van der Waals surface area contributed by atoms with Gasteiger partial charge in [-0.15, -0.1) is 0 Å². The maximum atomic E-state index is 8.74. The first-order valence-corrected chi connectivity index (χ1v) is 2.10. The smallest absolute Gasteiger partial charge is 0.394 e. The van der Waals surface area contributed by atoms with Crippen LogP contribution in [-0.2, 0) is 30.8 Å². The molecule has 8 heteroatoms. The van der Waals surface area contributed by atoms with E-state index in [1.807, 2.05) is 0 Å². The molecule has 0 heterocycles. The molecule has 0 aliphatic heterocycles. The summed E-state index contributed by atoms with van der Waals surface area (Å²) >= 11 is 0. The summed E-state index contributed by atoms with van der Waals surface area (Å²) in [5.74, 6) is 0. The van der Waals surface area contributed by atoms with Crippen molar-refractivity contribution >= 4 is 10.4 Å². The van der Waals surface area contributed by atoms with Crippen LogP contribution in [0.15, 0.2) is 0 Å². The molecule has 0 radical (unpaired) electrons. The number of hydrogen-bond acceptors (Lipinski definition) is 2. The first-order valence-electron chi connectivity index (χ1n) is 0.698. The molecule has 0 fully saturated rings. The van der Waals surface area contributed by atoms with Gasteiger partial charge in [0, 0.05) is 20.4 Å². The summed E-state index contributed by atoms with van der Waals surface area (Å²) in [5, 5.41) is 0. The molecule has 0 rings (SSSR count). The zero-order chi connectivity index (χ0) is 4.50. The van der Waals surface area contributed by atoms with Crippen molar-refractivity contribution in [2.75, 3.05) is 0 Å². The van der Waals surface area contributed by atoms with Crippen LogP contribution in [0.5, 0.6) is 0 Å². The van der Waals surface area contributed by atoms with Gasteiger partial charge in [-0.3, -0.25) is 9.11 Å². The molecule has 6 nitrogen and oxygen atoms in total. The third-order valence-electron chi connectivity index (χ3n) is 0. The third kappa shape index (κ3) is 937. The summed E-state index contributed by atoms with van der Waals surface area (Å²) < 4.78 is 31.6. The maximum absolute atomic E-state index is 8.74. The minimum absolute atomic E-state index is 0. The minimum atomic E-state index is -4.67. The average Bonchev–Trinajstić information content (AvgIpc) is 0.722. The molecule has 0 saturated carbocycles. The Morgan fingerprint density at radius 2 is 1.00 bits per heavy atom. The second-order valence-corrected chi connectivity index (χ2v) is 1.34. The fraction of sp³-hybridized carbons (Fsp3) is 0. The van der Waals surface area contributed by atoms with E-state index in [0.717, 1.165) is 0 Å². The molecule has 8 heavy (non-hydrogen) atoms. The minimum Gasteiger partial charge on any atom is -0.412 e. The van der Waals surface area contributed by atoms with Gasteiger partial charge >= 0.3 is 10.4 Å². The van der Waals surface area contributed by atoms with Crippen LogP contribution in [0.3, 0.4) is 0 Å². The molecule has 58 valence electrons. The molecule has 0 aliphatic rings. The quantitative estimate of drug-likeness (QED) is 0.363. The summed E-state index contributed by atoms with van der Waals surface area (Å²) in [6.45, 7) is 0. The van der Waals surface area contributed by atoms with Crippen LogP contribution in [0, 0.1) is 0 Å². The monoisotopic (exact) mass is 240 g/mol. The molecule has 0 amide bonds. The van der Waals surface area contributed by atoms with Crippen molar-refractivity contribution in [2.45, 2.75) is 0 Å². The van der Waals surface area contributed by atoms with Gasteiger partial charge in [0.25, 0.3) is 0 Å². The van der Waals surface area contributed by atoms with Crippen LogP contribution in [-0.4, -0.2) is 28.5 Å². The molecule has 0 aliphatic carbocycles. The predicted octanol–water partition coefficient (Wildman–Crippen LogP) is -2.30. The van der Waals surface area contributed by atoms with Crippen LogP contribution in [0.25, 0.3) is 0 Å². The fourth-order valence-electron chi connectivity index (χ4n) is 0. The summed E-state index contributed by atoms with van der Waals surface area (Å²) in [4.78, 5) is 0. The van der Waals surface area contributed by atoms with Crippen molar-refractivity contribution in [1.82, 2.24) is 0 Å². The molecular weight excluding hydrogens is 234 g/mol. The van der Waals surface area contributed by atoms with E-state index in [9.17, 15) is 0 Å². The van der Waals surface area contributed by atoms with Crippen molar-refractivity contribution in [2.24, 2.45) is 0 Å². The van der Waals surface area contributed by atoms with Gasteiger partial charge in [0.1, 0.15) is 0 Å². The Morgan fingerprint density at radius 1 is 1.00 bits per heavy atom. The van der Waals surface area contributed by atoms with Crippen LogP contribution < -0.4 is 0 Å². The molecule has 0 aromatic heterocycles. The molecule has 0 aromatic rings. The largest absolute Gasteiger partial charge is 0.412 e. The van der Waals surface area contributed by atoms with Crippen molar-refractivity contribution in [1.29, 1.82) is 0 Å². The first kappa shape index (κ1) is 23.7. The Hall–Kier alpha value is 0.452. The average molecular weight is 241 g/mol. The van der Waals surface area contributed by atoms with E-state index in [4.69, 9.17) is 17.5 Å². The summed E-state index contributed by atoms with van der Waals surface area (Å²) in [6.07, 6.45) is 0. The van der Waals surface area contributed by atoms with Gasteiger partial charge in [0.2, 0.25) is 0 Å². The predicted molar refractivity (Wildman–Crippen MR) is 21.4 cm³/mol. The Bertz CT molecular complexity index is 91.7. The normalized spacial score (nSPS) is 7.25. The summed E-state index contributed by atoms with van der Waals surface area (Å²) in [5.41, 5.74) is 0.